The average Bonchev–Trinajstić information content (AvgIpc) is 2.15. The summed E-state index contributed by atoms with van der Waals surface area (Å²) in [4.78, 5) is 21.1. The largest absolute Gasteiger partial charge is 0.356 e. The third-order valence-electron chi connectivity index (χ3n) is 2.72. The lowest BCUT2D eigenvalue weighted by molar-refractivity contribution is -0.119. The van der Waals surface area contributed by atoms with E-state index in [1.165, 1.54) is 6.92 Å². The third-order valence-corrected chi connectivity index (χ3v) is 2.72. The number of hydrogen-bond acceptors (Lipinski definition) is 2. The number of amides is 1. The van der Waals surface area contributed by atoms with E-state index in [4.69, 9.17) is 0 Å². The minimum absolute atomic E-state index is 0.0394. The van der Waals surface area contributed by atoms with E-state index < -0.39 is 0 Å². The molecule has 0 aliphatic heterocycles. The fourth-order valence-electron chi connectivity index (χ4n) is 1.82. The second-order valence-electron chi connectivity index (χ2n) is 3.85. The van der Waals surface area contributed by atoms with Crippen LogP contribution in [0.4, 0.5) is 0 Å². The Kier molecular flexibility index (Phi) is 3.93. The van der Waals surface area contributed by atoms with Crippen LogP contribution in [-0.4, -0.2) is 18.7 Å². The number of hydrogen-bond donors (Lipinski definition) is 1. The molecule has 1 aliphatic rings. The first-order valence-electron chi connectivity index (χ1n) is 4.92. The van der Waals surface area contributed by atoms with E-state index in [9.17, 15) is 9.59 Å². The lowest BCUT2D eigenvalue weighted by Gasteiger charge is -2.25. The van der Waals surface area contributed by atoms with Gasteiger partial charge in [0.2, 0.25) is 5.91 Å². The van der Waals surface area contributed by atoms with E-state index in [-0.39, 0.29) is 11.8 Å². The first kappa shape index (κ1) is 10.2. The van der Waals surface area contributed by atoms with Crippen LogP contribution in [0.1, 0.15) is 32.6 Å². The minimum Gasteiger partial charge on any atom is -0.356 e. The van der Waals surface area contributed by atoms with Crippen molar-refractivity contribution in [3.8, 4) is 0 Å². The van der Waals surface area contributed by atoms with Crippen molar-refractivity contribution < 1.29 is 9.59 Å². The molecule has 1 fully saturated rings. The predicted octanol–water partition coefficient (Wildman–Crippen LogP) is 1.13. The first-order valence-corrected chi connectivity index (χ1v) is 4.92. The Morgan fingerprint density at radius 1 is 1.38 bits per heavy atom. The molecule has 0 atom stereocenters. The Morgan fingerprint density at radius 3 is 2.46 bits per heavy atom. The molecule has 0 aromatic heterocycles. The SMILES string of the molecule is CC(=O)NCC1CCC(C=O)CC1. The van der Waals surface area contributed by atoms with Crippen molar-refractivity contribution in [1.29, 1.82) is 0 Å². The van der Waals surface area contributed by atoms with Crippen molar-refractivity contribution in [2.24, 2.45) is 11.8 Å². The quantitative estimate of drug-likeness (QED) is 0.667. The molecular formula is C10H17NO2. The zero-order valence-corrected chi connectivity index (χ0v) is 8.08. The monoisotopic (exact) mass is 183 g/mol. The maximum absolute atomic E-state index is 10.6. The number of carbonyl (C=O) groups excluding carboxylic acids is 2. The Balaban J connectivity index is 2.17. The topological polar surface area (TPSA) is 46.2 Å². The van der Waals surface area contributed by atoms with E-state index in [0.717, 1.165) is 38.5 Å². The van der Waals surface area contributed by atoms with Crippen LogP contribution in [0.5, 0.6) is 0 Å². The summed E-state index contributed by atoms with van der Waals surface area (Å²) in [6, 6.07) is 0. The summed E-state index contributed by atoms with van der Waals surface area (Å²) in [6.45, 7) is 2.32. The molecule has 0 radical (unpaired) electrons. The van der Waals surface area contributed by atoms with E-state index in [1.54, 1.807) is 0 Å². The number of carbonyl (C=O) groups is 2. The van der Waals surface area contributed by atoms with Gasteiger partial charge in [0.1, 0.15) is 6.29 Å². The molecular weight excluding hydrogens is 166 g/mol. The smallest absolute Gasteiger partial charge is 0.216 e. The molecule has 13 heavy (non-hydrogen) atoms. The molecule has 1 aliphatic carbocycles. The molecule has 0 spiro atoms. The average molecular weight is 183 g/mol. The molecule has 0 bridgehead atoms. The van der Waals surface area contributed by atoms with Crippen molar-refractivity contribution in [1.82, 2.24) is 5.32 Å². The van der Waals surface area contributed by atoms with Crippen molar-refractivity contribution in [3.05, 3.63) is 0 Å². The van der Waals surface area contributed by atoms with E-state index in [2.05, 4.69) is 5.32 Å². The molecule has 1 N–H and O–H groups in total. The molecule has 74 valence electrons. The Morgan fingerprint density at radius 2 is 2.00 bits per heavy atom. The van der Waals surface area contributed by atoms with Gasteiger partial charge in [-0.1, -0.05) is 0 Å². The van der Waals surface area contributed by atoms with Crippen LogP contribution in [0.25, 0.3) is 0 Å². The van der Waals surface area contributed by atoms with Crippen LogP contribution >= 0.6 is 0 Å². The van der Waals surface area contributed by atoms with Crippen LogP contribution in [0.15, 0.2) is 0 Å². The summed E-state index contributed by atoms with van der Waals surface area (Å²) in [5.41, 5.74) is 0. The summed E-state index contributed by atoms with van der Waals surface area (Å²) in [7, 11) is 0. The predicted molar refractivity (Wildman–Crippen MR) is 50.2 cm³/mol. The summed E-state index contributed by atoms with van der Waals surface area (Å²) >= 11 is 0. The van der Waals surface area contributed by atoms with Crippen molar-refractivity contribution >= 4 is 12.2 Å². The zero-order chi connectivity index (χ0) is 9.68. The van der Waals surface area contributed by atoms with E-state index >= 15 is 0 Å². The number of nitrogens with one attached hydrogen (secondary N) is 1. The summed E-state index contributed by atoms with van der Waals surface area (Å²) in [5, 5.41) is 2.82. The maximum atomic E-state index is 10.6. The number of rotatable bonds is 3. The van der Waals surface area contributed by atoms with Crippen molar-refractivity contribution in [2.45, 2.75) is 32.6 Å². The standard InChI is InChI=1S/C10H17NO2/c1-8(13)11-6-9-2-4-10(7-12)5-3-9/h7,9-10H,2-6H2,1H3,(H,11,13). The van der Waals surface area contributed by atoms with E-state index in [1.807, 2.05) is 0 Å². The van der Waals surface area contributed by atoms with Gasteiger partial charge in [-0.15, -0.1) is 0 Å². The van der Waals surface area contributed by atoms with Gasteiger partial charge >= 0.3 is 0 Å². The van der Waals surface area contributed by atoms with Crippen LogP contribution in [0.3, 0.4) is 0 Å². The van der Waals surface area contributed by atoms with Gasteiger partial charge in [-0.05, 0) is 31.6 Å². The molecule has 0 saturated heterocycles. The third kappa shape index (κ3) is 3.57. The molecule has 0 heterocycles. The first-order chi connectivity index (χ1) is 6.22. The fourth-order valence-corrected chi connectivity index (χ4v) is 1.82. The highest BCUT2D eigenvalue weighted by Gasteiger charge is 2.20. The summed E-state index contributed by atoms with van der Waals surface area (Å²) in [5.74, 6) is 0.895. The second kappa shape index (κ2) is 5.00. The van der Waals surface area contributed by atoms with Gasteiger partial charge < -0.3 is 10.1 Å². The Labute approximate surface area is 78.9 Å². The minimum atomic E-state index is 0.0394. The highest BCUT2D eigenvalue weighted by atomic mass is 16.1. The van der Waals surface area contributed by atoms with E-state index in [0.29, 0.717) is 5.92 Å². The molecule has 1 amide bonds. The van der Waals surface area contributed by atoms with Gasteiger partial charge in [-0.3, -0.25) is 4.79 Å². The Hall–Kier alpha value is -0.860. The molecule has 3 heteroatoms. The molecule has 1 saturated carbocycles. The van der Waals surface area contributed by atoms with Crippen LogP contribution in [0.2, 0.25) is 0 Å². The normalized spacial score (nSPS) is 28.1. The van der Waals surface area contributed by atoms with Crippen LogP contribution < -0.4 is 5.32 Å². The zero-order valence-electron chi connectivity index (χ0n) is 8.08. The van der Waals surface area contributed by atoms with Crippen LogP contribution in [0, 0.1) is 11.8 Å². The Bertz CT molecular complexity index is 183. The highest BCUT2D eigenvalue weighted by Crippen LogP contribution is 2.26. The van der Waals surface area contributed by atoms with Gasteiger partial charge in [0.15, 0.2) is 0 Å². The van der Waals surface area contributed by atoms with Crippen molar-refractivity contribution in [3.63, 3.8) is 0 Å². The maximum Gasteiger partial charge on any atom is 0.216 e. The fraction of sp³-hybridized carbons (Fsp3) is 0.800. The van der Waals surface area contributed by atoms with Crippen LogP contribution in [-0.2, 0) is 9.59 Å². The summed E-state index contributed by atoms with van der Waals surface area (Å²) < 4.78 is 0. The van der Waals surface area contributed by atoms with Crippen molar-refractivity contribution in [2.75, 3.05) is 6.54 Å². The highest BCUT2D eigenvalue weighted by molar-refractivity contribution is 5.72. The lowest BCUT2D eigenvalue weighted by atomic mass is 9.83. The molecule has 1 rings (SSSR count). The number of aldehydes is 1. The van der Waals surface area contributed by atoms with Gasteiger partial charge in [0.05, 0.1) is 0 Å². The van der Waals surface area contributed by atoms with Gasteiger partial charge in [0.25, 0.3) is 0 Å². The van der Waals surface area contributed by atoms with Gasteiger partial charge in [0, 0.05) is 19.4 Å². The lowest BCUT2D eigenvalue weighted by Crippen LogP contribution is -2.29. The summed E-state index contributed by atoms with van der Waals surface area (Å²) in [6.07, 6.45) is 5.20. The van der Waals surface area contributed by atoms with Gasteiger partial charge in [-0.2, -0.15) is 0 Å². The second-order valence-corrected chi connectivity index (χ2v) is 3.85. The van der Waals surface area contributed by atoms with Gasteiger partial charge in [-0.25, -0.2) is 0 Å². The molecule has 3 nitrogen and oxygen atoms in total. The molecule has 0 aromatic rings. The molecule has 0 aromatic carbocycles. The molecule has 0 unspecified atom stereocenters.